The van der Waals surface area contributed by atoms with E-state index in [0.29, 0.717) is 30.2 Å². The lowest BCUT2D eigenvalue weighted by molar-refractivity contribution is -0.133. The number of nitrogens with one attached hydrogen (secondary N) is 1. The molecule has 1 aliphatic heterocycles. The third-order valence-electron chi connectivity index (χ3n) is 7.27. The molecule has 0 radical (unpaired) electrons. The number of hydrogen-bond donors (Lipinski definition) is 1. The molecule has 1 aliphatic carbocycles. The SMILES string of the molecule is C[C@]1(C(=O)NC2CCCCCC2)Cn2c(cc3sccc32)C(=O)N1CCc1ccc(Cl)cc1. The van der Waals surface area contributed by atoms with E-state index in [-0.39, 0.29) is 17.9 Å². The molecule has 1 fully saturated rings. The highest BCUT2D eigenvalue weighted by molar-refractivity contribution is 7.17. The van der Waals surface area contributed by atoms with E-state index in [0.717, 1.165) is 41.5 Å². The molecule has 3 aromatic rings. The summed E-state index contributed by atoms with van der Waals surface area (Å²) in [5.74, 6) is -0.112. The molecule has 0 bridgehead atoms. The maximum atomic E-state index is 13.8. The lowest BCUT2D eigenvalue weighted by atomic mass is 9.93. The molecule has 5 rings (SSSR count). The maximum Gasteiger partial charge on any atom is 0.271 e. The van der Waals surface area contributed by atoms with Gasteiger partial charge in [0.05, 0.1) is 16.8 Å². The lowest BCUT2D eigenvalue weighted by Crippen LogP contribution is -2.65. The van der Waals surface area contributed by atoms with Gasteiger partial charge in [-0.3, -0.25) is 9.59 Å². The highest BCUT2D eigenvalue weighted by Gasteiger charge is 2.48. The van der Waals surface area contributed by atoms with Crippen molar-refractivity contribution in [3.05, 3.63) is 58.1 Å². The molecule has 1 saturated carbocycles. The Labute approximate surface area is 203 Å². The number of hydrogen-bond acceptors (Lipinski definition) is 3. The molecular formula is C26H30ClN3O2S. The second kappa shape index (κ2) is 9.15. The summed E-state index contributed by atoms with van der Waals surface area (Å²) in [6, 6.07) is 11.9. The van der Waals surface area contributed by atoms with Crippen LogP contribution >= 0.6 is 22.9 Å². The van der Waals surface area contributed by atoms with Crippen molar-refractivity contribution in [3.63, 3.8) is 0 Å². The van der Waals surface area contributed by atoms with Gasteiger partial charge in [0.25, 0.3) is 5.91 Å². The predicted molar refractivity (Wildman–Crippen MR) is 134 cm³/mol. The summed E-state index contributed by atoms with van der Waals surface area (Å²) in [6.07, 6.45) is 7.48. The molecule has 1 N–H and O–H groups in total. The number of fused-ring (bicyclic) bond motifs is 3. The van der Waals surface area contributed by atoms with Gasteiger partial charge in [-0.15, -0.1) is 11.3 Å². The first kappa shape index (κ1) is 22.5. The van der Waals surface area contributed by atoms with Crippen LogP contribution in [0.2, 0.25) is 5.02 Å². The van der Waals surface area contributed by atoms with E-state index in [4.69, 9.17) is 11.6 Å². The number of nitrogens with zero attached hydrogens (tertiary/aromatic N) is 2. The highest BCUT2D eigenvalue weighted by Crippen LogP contribution is 2.35. The molecule has 33 heavy (non-hydrogen) atoms. The molecule has 0 spiro atoms. The van der Waals surface area contributed by atoms with Crippen molar-refractivity contribution >= 4 is 45.0 Å². The van der Waals surface area contributed by atoms with Gasteiger partial charge in [-0.05, 0) is 61.4 Å². The van der Waals surface area contributed by atoms with Gasteiger partial charge in [-0.1, -0.05) is 49.4 Å². The lowest BCUT2D eigenvalue weighted by Gasteiger charge is -2.44. The molecule has 5 nitrogen and oxygen atoms in total. The average Bonchev–Trinajstić information content (AvgIpc) is 3.29. The molecule has 3 heterocycles. The van der Waals surface area contributed by atoms with Crippen LogP contribution in [-0.4, -0.2) is 39.4 Å². The molecule has 1 aromatic carbocycles. The van der Waals surface area contributed by atoms with Gasteiger partial charge >= 0.3 is 0 Å². The summed E-state index contributed by atoms with van der Waals surface area (Å²) in [4.78, 5) is 29.3. The van der Waals surface area contributed by atoms with Crippen molar-refractivity contribution in [2.24, 2.45) is 0 Å². The molecular weight excluding hydrogens is 454 g/mol. The van der Waals surface area contributed by atoms with Crippen LogP contribution < -0.4 is 5.32 Å². The zero-order chi connectivity index (χ0) is 23.0. The van der Waals surface area contributed by atoms with E-state index in [1.165, 1.54) is 12.8 Å². The monoisotopic (exact) mass is 483 g/mol. The van der Waals surface area contributed by atoms with Crippen LogP contribution in [0, 0.1) is 0 Å². The van der Waals surface area contributed by atoms with Gasteiger partial charge in [0.2, 0.25) is 5.91 Å². The fourth-order valence-electron chi connectivity index (χ4n) is 5.28. The Bertz CT molecular complexity index is 1160. The first-order chi connectivity index (χ1) is 16.0. The van der Waals surface area contributed by atoms with Crippen molar-refractivity contribution < 1.29 is 9.59 Å². The van der Waals surface area contributed by atoms with Gasteiger partial charge in [0.1, 0.15) is 11.2 Å². The molecule has 174 valence electrons. The molecule has 2 amide bonds. The van der Waals surface area contributed by atoms with Crippen LogP contribution in [-0.2, 0) is 17.8 Å². The number of rotatable bonds is 5. The third-order valence-corrected chi connectivity index (χ3v) is 8.37. The van der Waals surface area contributed by atoms with Crippen LogP contribution in [0.15, 0.2) is 41.8 Å². The fourth-order valence-corrected chi connectivity index (χ4v) is 6.23. The Balaban J connectivity index is 1.45. The van der Waals surface area contributed by atoms with Crippen molar-refractivity contribution in [2.75, 3.05) is 6.54 Å². The second-order valence-corrected chi connectivity index (χ2v) is 10.9. The minimum atomic E-state index is -0.948. The van der Waals surface area contributed by atoms with Gasteiger partial charge in [0.15, 0.2) is 0 Å². The molecule has 2 aliphatic rings. The Morgan fingerprint density at radius 2 is 1.88 bits per heavy atom. The number of amides is 2. The molecule has 2 aromatic heterocycles. The fraction of sp³-hybridized carbons (Fsp3) is 0.462. The second-order valence-electron chi connectivity index (χ2n) is 9.55. The van der Waals surface area contributed by atoms with Crippen molar-refractivity contribution in [3.8, 4) is 0 Å². The average molecular weight is 484 g/mol. The van der Waals surface area contributed by atoms with E-state index in [2.05, 4.69) is 5.32 Å². The summed E-state index contributed by atoms with van der Waals surface area (Å²) in [7, 11) is 0. The summed E-state index contributed by atoms with van der Waals surface area (Å²) >= 11 is 7.67. The van der Waals surface area contributed by atoms with Gasteiger partial charge < -0.3 is 14.8 Å². The van der Waals surface area contributed by atoms with Crippen LogP contribution in [0.1, 0.15) is 61.5 Å². The number of benzene rings is 1. The summed E-state index contributed by atoms with van der Waals surface area (Å²) in [5.41, 5.74) is 1.86. The van der Waals surface area contributed by atoms with Crippen LogP contribution in [0.4, 0.5) is 0 Å². The number of thiophene rings is 1. The number of aromatic nitrogens is 1. The predicted octanol–water partition coefficient (Wildman–Crippen LogP) is 5.65. The minimum Gasteiger partial charge on any atom is -0.351 e. The van der Waals surface area contributed by atoms with E-state index in [1.807, 2.05) is 53.3 Å². The van der Waals surface area contributed by atoms with Gasteiger partial charge in [-0.2, -0.15) is 0 Å². The Morgan fingerprint density at radius 3 is 2.61 bits per heavy atom. The van der Waals surface area contributed by atoms with Crippen LogP contribution in [0.5, 0.6) is 0 Å². The molecule has 7 heteroatoms. The minimum absolute atomic E-state index is 0.0402. The Morgan fingerprint density at radius 1 is 1.15 bits per heavy atom. The largest absolute Gasteiger partial charge is 0.351 e. The zero-order valence-electron chi connectivity index (χ0n) is 19.0. The zero-order valence-corrected chi connectivity index (χ0v) is 20.6. The normalized spacial score (nSPS) is 21.8. The quantitative estimate of drug-likeness (QED) is 0.476. The summed E-state index contributed by atoms with van der Waals surface area (Å²) < 4.78 is 3.13. The number of halogens is 1. The van der Waals surface area contributed by atoms with Gasteiger partial charge in [-0.25, -0.2) is 0 Å². The Kier molecular flexibility index (Phi) is 6.23. The van der Waals surface area contributed by atoms with Crippen molar-refractivity contribution in [1.82, 2.24) is 14.8 Å². The van der Waals surface area contributed by atoms with Crippen LogP contribution in [0.3, 0.4) is 0 Å². The molecule has 0 saturated heterocycles. The smallest absolute Gasteiger partial charge is 0.271 e. The molecule has 1 atom stereocenters. The van der Waals surface area contributed by atoms with Gasteiger partial charge in [0, 0.05) is 17.6 Å². The third kappa shape index (κ3) is 4.31. The topological polar surface area (TPSA) is 54.3 Å². The first-order valence-corrected chi connectivity index (χ1v) is 13.2. The van der Waals surface area contributed by atoms with E-state index in [9.17, 15) is 9.59 Å². The Hall–Kier alpha value is -2.31. The van der Waals surface area contributed by atoms with E-state index >= 15 is 0 Å². The summed E-state index contributed by atoms with van der Waals surface area (Å²) in [6.45, 7) is 2.88. The number of carbonyl (C=O) groups is 2. The van der Waals surface area contributed by atoms with E-state index in [1.54, 1.807) is 16.2 Å². The van der Waals surface area contributed by atoms with Crippen molar-refractivity contribution in [1.29, 1.82) is 0 Å². The summed E-state index contributed by atoms with van der Waals surface area (Å²) in [5, 5.41) is 6.06. The highest BCUT2D eigenvalue weighted by atomic mass is 35.5. The number of carbonyl (C=O) groups excluding carboxylic acids is 2. The van der Waals surface area contributed by atoms with E-state index < -0.39 is 5.54 Å². The standard InChI is InChI=1S/C26H30ClN3O2S/c1-26(25(32)28-20-6-4-2-3-5-7-20)17-29-21-13-15-33-23(21)16-22(29)24(31)30(26)14-12-18-8-10-19(27)11-9-18/h8-11,13,15-16,20H,2-7,12,14,17H2,1H3,(H,28,32)/t26-/m1/s1. The maximum absolute atomic E-state index is 13.8. The molecule has 0 unspecified atom stereocenters. The van der Waals surface area contributed by atoms with Crippen LogP contribution in [0.25, 0.3) is 10.2 Å². The first-order valence-electron chi connectivity index (χ1n) is 11.9. The van der Waals surface area contributed by atoms with Crippen molar-refractivity contribution in [2.45, 2.75) is 70.0 Å².